The molecular weight excluding hydrogens is 254 g/mol. The fourth-order valence-corrected chi connectivity index (χ4v) is 2.50. The van der Waals surface area contributed by atoms with Crippen LogP contribution in [0, 0.1) is 0 Å². The molecule has 0 radical (unpaired) electrons. The van der Waals surface area contributed by atoms with Crippen LogP contribution in [-0.2, 0) is 14.3 Å². The average Bonchev–Trinajstić information content (AvgIpc) is 2.33. The highest BCUT2D eigenvalue weighted by molar-refractivity contribution is 5.97. The zero-order chi connectivity index (χ0) is 14.9. The predicted molar refractivity (Wildman–Crippen MR) is 77.7 cm³/mol. The van der Waals surface area contributed by atoms with E-state index in [1.165, 1.54) is 0 Å². The number of nitrogens with zero attached hydrogens (tertiary/aromatic N) is 1. The number of anilines is 1. The minimum absolute atomic E-state index is 0.0391. The summed E-state index contributed by atoms with van der Waals surface area (Å²) in [5.74, 6) is -0.309. The molecule has 1 unspecified atom stereocenters. The van der Waals surface area contributed by atoms with Crippen molar-refractivity contribution in [2.75, 3.05) is 11.9 Å². The number of carbonyl (C=O) groups is 2. The second kappa shape index (κ2) is 5.27. The minimum atomic E-state index is -0.494. The SMILES string of the molecule is CN1C(=O)CC(CC(=O)OC(C)(C)C)c2ccccc21. The molecule has 0 N–H and O–H groups in total. The van der Waals surface area contributed by atoms with Gasteiger partial charge in [-0.1, -0.05) is 18.2 Å². The molecule has 0 spiro atoms. The van der Waals surface area contributed by atoms with Gasteiger partial charge in [0.15, 0.2) is 0 Å². The highest BCUT2D eigenvalue weighted by atomic mass is 16.6. The molecule has 1 aromatic rings. The third kappa shape index (κ3) is 3.18. The van der Waals surface area contributed by atoms with Gasteiger partial charge in [0.1, 0.15) is 5.60 Å². The number of benzene rings is 1. The Morgan fingerprint density at radius 2 is 2.00 bits per heavy atom. The number of hydrogen-bond acceptors (Lipinski definition) is 3. The van der Waals surface area contributed by atoms with Crippen LogP contribution in [-0.4, -0.2) is 24.5 Å². The molecule has 20 heavy (non-hydrogen) atoms. The molecule has 1 aliphatic rings. The van der Waals surface area contributed by atoms with Gasteiger partial charge in [-0.15, -0.1) is 0 Å². The molecular formula is C16H21NO3. The lowest BCUT2D eigenvalue weighted by molar-refractivity contribution is -0.155. The lowest BCUT2D eigenvalue weighted by Gasteiger charge is -2.31. The molecule has 1 aromatic carbocycles. The van der Waals surface area contributed by atoms with Crippen LogP contribution in [0.3, 0.4) is 0 Å². The summed E-state index contributed by atoms with van der Waals surface area (Å²) in [6.07, 6.45) is 0.598. The fourth-order valence-electron chi connectivity index (χ4n) is 2.50. The van der Waals surface area contributed by atoms with Crippen molar-refractivity contribution in [2.24, 2.45) is 0 Å². The maximum absolute atomic E-state index is 12.0. The highest BCUT2D eigenvalue weighted by Gasteiger charge is 2.31. The topological polar surface area (TPSA) is 46.6 Å². The number of hydrogen-bond donors (Lipinski definition) is 0. The summed E-state index contributed by atoms with van der Waals surface area (Å²) in [7, 11) is 1.77. The Kier molecular flexibility index (Phi) is 3.84. The van der Waals surface area contributed by atoms with Crippen molar-refractivity contribution in [1.82, 2.24) is 0 Å². The van der Waals surface area contributed by atoms with Crippen molar-refractivity contribution >= 4 is 17.6 Å². The van der Waals surface area contributed by atoms with Gasteiger partial charge < -0.3 is 9.64 Å². The average molecular weight is 275 g/mol. The summed E-state index contributed by atoms with van der Waals surface area (Å²) in [5.41, 5.74) is 1.43. The van der Waals surface area contributed by atoms with Gasteiger partial charge in [0.05, 0.1) is 6.42 Å². The van der Waals surface area contributed by atoms with Gasteiger partial charge in [0, 0.05) is 25.1 Å². The van der Waals surface area contributed by atoms with Gasteiger partial charge >= 0.3 is 5.97 Å². The molecule has 0 aromatic heterocycles. The molecule has 4 nitrogen and oxygen atoms in total. The molecule has 1 atom stereocenters. The van der Waals surface area contributed by atoms with Crippen molar-refractivity contribution in [2.45, 2.75) is 45.1 Å². The van der Waals surface area contributed by atoms with Crippen molar-refractivity contribution in [3.63, 3.8) is 0 Å². The smallest absolute Gasteiger partial charge is 0.306 e. The molecule has 1 aliphatic heterocycles. The number of carbonyl (C=O) groups excluding carboxylic acids is 2. The predicted octanol–water partition coefficient (Wildman–Crippen LogP) is 2.87. The van der Waals surface area contributed by atoms with Crippen molar-refractivity contribution < 1.29 is 14.3 Å². The van der Waals surface area contributed by atoms with E-state index in [1.807, 2.05) is 45.0 Å². The standard InChI is InChI=1S/C16H21NO3/c1-16(2,3)20-15(19)10-11-9-14(18)17(4)13-8-6-5-7-12(11)13/h5-8,11H,9-10H2,1-4H3. The number of amides is 1. The summed E-state index contributed by atoms with van der Waals surface area (Å²) >= 11 is 0. The van der Waals surface area contributed by atoms with Crippen LogP contribution >= 0.6 is 0 Å². The number of rotatable bonds is 2. The van der Waals surface area contributed by atoms with Crippen LogP contribution in [0.2, 0.25) is 0 Å². The summed E-state index contributed by atoms with van der Waals surface area (Å²) in [4.78, 5) is 25.6. The Morgan fingerprint density at radius 1 is 1.35 bits per heavy atom. The van der Waals surface area contributed by atoms with Gasteiger partial charge in [-0.05, 0) is 32.4 Å². The maximum atomic E-state index is 12.0. The van der Waals surface area contributed by atoms with Gasteiger partial charge in [-0.3, -0.25) is 9.59 Å². The summed E-state index contributed by atoms with van der Waals surface area (Å²) in [6, 6.07) is 7.73. The summed E-state index contributed by atoms with van der Waals surface area (Å²) in [6.45, 7) is 5.54. The van der Waals surface area contributed by atoms with Gasteiger partial charge in [0.25, 0.3) is 0 Å². The maximum Gasteiger partial charge on any atom is 0.306 e. The van der Waals surface area contributed by atoms with E-state index in [0.717, 1.165) is 11.3 Å². The first-order valence-electron chi connectivity index (χ1n) is 6.85. The fraction of sp³-hybridized carbons (Fsp3) is 0.500. The second-order valence-corrected chi connectivity index (χ2v) is 6.20. The van der Waals surface area contributed by atoms with E-state index in [-0.39, 0.29) is 24.2 Å². The van der Waals surface area contributed by atoms with Gasteiger partial charge in [-0.25, -0.2) is 0 Å². The van der Waals surface area contributed by atoms with Crippen LogP contribution in [0.4, 0.5) is 5.69 Å². The first-order valence-corrected chi connectivity index (χ1v) is 6.85. The molecule has 0 fully saturated rings. The van der Waals surface area contributed by atoms with E-state index < -0.39 is 5.60 Å². The van der Waals surface area contributed by atoms with E-state index in [1.54, 1.807) is 11.9 Å². The number of esters is 1. The monoisotopic (exact) mass is 275 g/mol. The van der Waals surface area contributed by atoms with Crippen molar-refractivity contribution in [3.05, 3.63) is 29.8 Å². The van der Waals surface area contributed by atoms with E-state index >= 15 is 0 Å². The molecule has 0 saturated heterocycles. The van der Waals surface area contributed by atoms with Crippen LogP contribution < -0.4 is 4.90 Å². The Bertz CT molecular complexity index is 531. The minimum Gasteiger partial charge on any atom is -0.460 e. The van der Waals surface area contributed by atoms with E-state index in [0.29, 0.717) is 6.42 Å². The molecule has 0 saturated carbocycles. The summed E-state index contributed by atoms with van der Waals surface area (Å²) in [5, 5.41) is 0. The zero-order valence-electron chi connectivity index (χ0n) is 12.5. The lowest BCUT2D eigenvalue weighted by Crippen LogP contribution is -2.34. The third-order valence-corrected chi connectivity index (χ3v) is 3.37. The van der Waals surface area contributed by atoms with Crippen LogP contribution in [0.1, 0.15) is 45.1 Å². The molecule has 108 valence electrons. The molecule has 2 rings (SSSR count). The van der Waals surface area contributed by atoms with E-state index in [9.17, 15) is 9.59 Å². The molecule has 1 heterocycles. The summed E-state index contributed by atoms with van der Waals surface area (Å²) < 4.78 is 5.35. The highest BCUT2D eigenvalue weighted by Crippen LogP contribution is 2.37. The largest absolute Gasteiger partial charge is 0.460 e. The van der Waals surface area contributed by atoms with Gasteiger partial charge in [-0.2, -0.15) is 0 Å². The lowest BCUT2D eigenvalue weighted by atomic mass is 9.87. The van der Waals surface area contributed by atoms with Crippen LogP contribution in [0.25, 0.3) is 0 Å². The third-order valence-electron chi connectivity index (χ3n) is 3.37. The number of para-hydroxylation sites is 1. The Balaban J connectivity index is 2.19. The number of fused-ring (bicyclic) bond motifs is 1. The molecule has 0 aliphatic carbocycles. The molecule has 0 bridgehead atoms. The zero-order valence-corrected chi connectivity index (χ0v) is 12.5. The van der Waals surface area contributed by atoms with Crippen LogP contribution in [0.5, 0.6) is 0 Å². The first-order chi connectivity index (χ1) is 9.28. The molecule has 4 heteroatoms. The second-order valence-electron chi connectivity index (χ2n) is 6.20. The number of ether oxygens (including phenoxy) is 1. The Morgan fingerprint density at radius 3 is 2.65 bits per heavy atom. The van der Waals surface area contributed by atoms with Gasteiger partial charge in [0.2, 0.25) is 5.91 Å². The van der Waals surface area contributed by atoms with Crippen molar-refractivity contribution in [1.29, 1.82) is 0 Å². The van der Waals surface area contributed by atoms with E-state index in [2.05, 4.69) is 0 Å². The van der Waals surface area contributed by atoms with Crippen molar-refractivity contribution in [3.8, 4) is 0 Å². The normalized spacial score (nSPS) is 18.7. The Hall–Kier alpha value is -1.84. The van der Waals surface area contributed by atoms with Crippen LogP contribution in [0.15, 0.2) is 24.3 Å². The Labute approximate surface area is 119 Å². The first kappa shape index (κ1) is 14.6. The molecule has 1 amide bonds. The van der Waals surface area contributed by atoms with E-state index in [4.69, 9.17) is 4.74 Å². The quantitative estimate of drug-likeness (QED) is 0.780.